The molecule has 1 aliphatic carbocycles. The molecule has 2 aliphatic heterocycles. The lowest BCUT2D eigenvalue weighted by atomic mass is 10.0. The summed E-state index contributed by atoms with van der Waals surface area (Å²) in [6, 6.07) is 2.30. The molecule has 152 valence electrons. The molecule has 3 amide bonds. The fourth-order valence-corrected chi connectivity index (χ4v) is 4.99. The molecule has 0 N–H and O–H groups in total. The number of aromatic nitrogens is 1. The summed E-state index contributed by atoms with van der Waals surface area (Å²) in [6.45, 7) is 1.74. The molecule has 1 aromatic heterocycles. The van der Waals surface area contributed by atoms with Gasteiger partial charge in [0.2, 0.25) is 11.8 Å². The van der Waals surface area contributed by atoms with Crippen molar-refractivity contribution in [2.24, 2.45) is 13.0 Å². The van der Waals surface area contributed by atoms with Gasteiger partial charge in [-0.15, -0.1) is 0 Å². The molecule has 0 aromatic carbocycles. The van der Waals surface area contributed by atoms with Gasteiger partial charge in [-0.3, -0.25) is 14.4 Å². The van der Waals surface area contributed by atoms with Gasteiger partial charge in [-0.05, 0) is 30.9 Å². The van der Waals surface area contributed by atoms with Gasteiger partial charge in [0.25, 0.3) is 5.91 Å². The van der Waals surface area contributed by atoms with E-state index >= 15 is 0 Å². The van der Waals surface area contributed by atoms with Crippen molar-refractivity contribution >= 4 is 17.7 Å². The van der Waals surface area contributed by atoms with E-state index < -0.39 is 0 Å². The van der Waals surface area contributed by atoms with Gasteiger partial charge in [0.1, 0.15) is 5.69 Å². The van der Waals surface area contributed by atoms with Crippen molar-refractivity contribution in [2.75, 3.05) is 27.2 Å². The second-order valence-corrected chi connectivity index (χ2v) is 8.66. The van der Waals surface area contributed by atoms with Gasteiger partial charge in [0, 0.05) is 52.4 Å². The Bertz CT molecular complexity index is 807. The zero-order valence-electron chi connectivity index (χ0n) is 17.1. The van der Waals surface area contributed by atoms with Crippen LogP contribution in [0.5, 0.6) is 0 Å². The molecule has 1 saturated heterocycles. The third kappa shape index (κ3) is 3.20. The predicted octanol–water partition coefficient (Wildman–Crippen LogP) is 1.40. The zero-order chi connectivity index (χ0) is 20.0. The maximum atomic E-state index is 13.1. The van der Waals surface area contributed by atoms with Crippen LogP contribution in [0.15, 0.2) is 6.07 Å². The Morgan fingerprint density at radius 3 is 2.57 bits per heavy atom. The fraction of sp³-hybridized carbons (Fsp3) is 0.667. The van der Waals surface area contributed by atoms with Crippen molar-refractivity contribution in [3.05, 3.63) is 23.0 Å². The number of rotatable bonds is 3. The van der Waals surface area contributed by atoms with Crippen LogP contribution in [0.3, 0.4) is 0 Å². The van der Waals surface area contributed by atoms with Crippen LogP contribution in [0.2, 0.25) is 0 Å². The molecule has 1 atom stereocenters. The van der Waals surface area contributed by atoms with Crippen molar-refractivity contribution in [3.63, 3.8) is 0 Å². The first kappa shape index (κ1) is 19.0. The van der Waals surface area contributed by atoms with Gasteiger partial charge in [-0.25, -0.2) is 0 Å². The first-order chi connectivity index (χ1) is 13.4. The molecule has 7 heteroatoms. The number of hydrogen-bond acceptors (Lipinski definition) is 3. The zero-order valence-corrected chi connectivity index (χ0v) is 17.1. The lowest BCUT2D eigenvalue weighted by Crippen LogP contribution is -2.41. The van der Waals surface area contributed by atoms with Gasteiger partial charge in [-0.2, -0.15) is 0 Å². The third-order valence-electron chi connectivity index (χ3n) is 6.65. The van der Waals surface area contributed by atoms with E-state index in [2.05, 4.69) is 0 Å². The van der Waals surface area contributed by atoms with Crippen molar-refractivity contribution in [2.45, 2.75) is 51.1 Å². The van der Waals surface area contributed by atoms with E-state index in [-0.39, 0.29) is 23.6 Å². The van der Waals surface area contributed by atoms with Crippen LogP contribution in [0.1, 0.15) is 53.8 Å². The summed E-state index contributed by atoms with van der Waals surface area (Å²) in [5, 5.41) is 0. The van der Waals surface area contributed by atoms with Gasteiger partial charge in [0.05, 0.1) is 12.5 Å². The highest BCUT2D eigenvalue weighted by Gasteiger charge is 2.41. The normalized spacial score (nSPS) is 22.7. The van der Waals surface area contributed by atoms with Gasteiger partial charge in [-0.1, -0.05) is 12.8 Å². The number of nitrogens with zero attached hydrogens (tertiary/aromatic N) is 4. The first-order valence-electron chi connectivity index (χ1n) is 10.3. The van der Waals surface area contributed by atoms with E-state index in [4.69, 9.17) is 0 Å². The monoisotopic (exact) mass is 386 g/mol. The van der Waals surface area contributed by atoms with Crippen LogP contribution in [0.25, 0.3) is 0 Å². The molecule has 28 heavy (non-hydrogen) atoms. The molecule has 0 bridgehead atoms. The number of fused-ring (bicyclic) bond motifs is 1. The number of carbonyl (C=O) groups is 3. The molecule has 0 radical (unpaired) electrons. The Balaban J connectivity index is 1.46. The summed E-state index contributed by atoms with van der Waals surface area (Å²) < 4.78 is 1.92. The average Bonchev–Trinajstić information content (AvgIpc) is 3.39. The van der Waals surface area contributed by atoms with Gasteiger partial charge >= 0.3 is 0 Å². The highest BCUT2D eigenvalue weighted by Crippen LogP contribution is 2.31. The second-order valence-electron chi connectivity index (χ2n) is 8.66. The van der Waals surface area contributed by atoms with Crippen molar-refractivity contribution < 1.29 is 14.4 Å². The summed E-state index contributed by atoms with van der Waals surface area (Å²) in [5.74, 6) is -0.0250. The Hall–Kier alpha value is -2.31. The van der Waals surface area contributed by atoms with E-state index in [0.717, 1.165) is 30.5 Å². The molecule has 2 fully saturated rings. The molecule has 0 spiro atoms. The summed E-state index contributed by atoms with van der Waals surface area (Å²) in [4.78, 5) is 43.4. The Kier molecular flexibility index (Phi) is 4.93. The van der Waals surface area contributed by atoms with E-state index in [1.165, 1.54) is 12.8 Å². The molecule has 7 nitrogen and oxygen atoms in total. The molecule has 3 aliphatic rings. The minimum Gasteiger partial charge on any atom is -0.343 e. The predicted molar refractivity (Wildman–Crippen MR) is 105 cm³/mol. The maximum Gasteiger partial charge on any atom is 0.269 e. The highest BCUT2D eigenvalue weighted by atomic mass is 16.2. The van der Waals surface area contributed by atoms with E-state index in [9.17, 15) is 14.4 Å². The number of likely N-dealkylation sites (tertiary alicyclic amines) is 1. The maximum absolute atomic E-state index is 13.1. The van der Waals surface area contributed by atoms with Gasteiger partial charge in [0.15, 0.2) is 0 Å². The summed E-state index contributed by atoms with van der Waals surface area (Å²) in [6.07, 6.45) is 5.61. The first-order valence-corrected chi connectivity index (χ1v) is 10.3. The molecule has 4 rings (SSSR count). The van der Waals surface area contributed by atoms with Crippen molar-refractivity contribution in [1.29, 1.82) is 0 Å². The van der Waals surface area contributed by atoms with E-state index in [1.54, 1.807) is 19.0 Å². The quantitative estimate of drug-likeness (QED) is 0.789. The van der Waals surface area contributed by atoms with Crippen LogP contribution in [0.4, 0.5) is 0 Å². The summed E-state index contributed by atoms with van der Waals surface area (Å²) >= 11 is 0. The standard InChI is InChI=1S/C21H30N4O3/c1-22(2)21(28)17-10-14-8-9-24(13-18(14)23(17)3)20(27)15-11-19(26)25(12-15)16-6-4-5-7-16/h10,15-16H,4-9,11-13H2,1-3H3/t15-/m1/s1. The molecular weight excluding hydrogens is 356 g/mol. The number of amides is 3. The minimum atomic E-state index is -0.224. The van der Waals surface area contributed by atoms with E-state index in [1.807, 2.05) is 27.5 Å². The lowest BCUT2D eigenvalue weighted by molar-refractivity contribution is -0.136. The highest BCUT2D eigenvalue weighted by molar-refractivity contribution is 5.93. The van der Waals surface area contributed by atoms with Crippen molar-refractivity contribution in [3.8, 4) is 0 Å². The Morgan fingerprint density at radius 1 is 1.18 bits per heavy atom. The number of carbonyl (C=O) groups excluding carboxylic acids is 3. The summed E-state index contributed by atoms with van der Waals surface area (Å²) in [7, 11) is 5.39. The molecular formula is C21H30N4O3. The molecule has 1 saturated carbocycles. The molecule has 3 heterocycles. The smallest absolute Gasteiger partial charge is 0.269 e. The van der Waals surface area contributed by atoms with Crippen LogP contribution in [-0.2, 0) is 29.6 Å². The van der Waals surface area contributed by atoms with Crippen molar-refractivity contribution in [1.82, 2.24) is 19.3 Å². The largest absolute Gasteiger partial charge is 0.343 e. The van der Waals surface area contributed by atoms with Crippen LogP contribution < -0.4 is 0 Å². The van der Waals surface area contributed by atoms with Crippen LogP contribution in [0, 0.1) is 5.92 Å². The fourth-order valence-electron chi connectivity index (χ4n) is 4.99. The van der Waals surface area contributed by atoms with Crippen LogP contribution >= 0.6 is 0 Å². The SMILES string of the molecule is CN(C)C(=O)c1cc2c(n1C)CN(C(=O)[C@@H]1CC(=O)N(C3CCCC3)C1)CC2. The lowest BCUT2D eigenvalue weighted by Gasteiger charge is -2.30. The molecule has 1 aromatic rings. The Morgan fingerprint density at radius 2 is 1.89 bits per heavy atom. The minimum absolute atomic E-state index is 0.0247. The number of hydrogen-bond donors (Lipinski definition) is 0. The van der Waals surface area contributed by atoms with Crippen LogP contribution in [-0.4, -0.2) is 70.2 Å². The topological polar surface area (TPSA) is 65.9 Å². The second kappa shape index (κ2) is 7.26. The average molecular weight is 386 g/mol. The Labute approximate surface area is 166 Å². The molecule has 0 unspecified atom stereocenters. The third-order valence-corrected chi connectivity index (χ3v) is 6.65. The van der Waals surface area contributed by atoms with Gasteiger partial charge < -0.3 is 19.3 Å². The summed E-state index contributed by atoms with van der Waals surface area (Å²) in [5.41, 5.74) is 2.83. The van der Waals surface area contributed by atoms with E-state index in [0.29, 0.717) is 37.8 Å².